The smallest absolute Gasteiger partial charge is 0.334 e. The summed E-state index contributed by atoms with van der Waals surface area (Å²) in [6.07, 6.45) is 4.20. The van der Waals surface area contributed by atoms with E-state index in [1.807, 2.05) is 6.08 Å². The molecule has 3 fully saturated rings. The molecule has 1 spiro atoms. The predicted octanol–water partition coefficient (Wildman–Crippen LogP) is 1.99. The van der Waals surface area contributed by atoms with E-state index in [0.717, 1.165) is 6.42 Å². The van der Waals surface area contributed by atoms with Gasteiger partial charge in [0.1, 0.15) is 6.10 Å². The lowest BCUT2D eigenvalue weighted by molar-refractivity contribution is -0.280. The molecule has 0 amide bonds. The van der Waals surface area contributed by atoms with Gasteiger partial charge in [0.25, 0.3) is 0 Å². The molecule has 2 saturated heterocycles. The maximum atomic E-state index is 12.6. The minimum atomic E-state index is -1.40. The van der Waals surface area contributed by atoms with Gasteiger partial charge in [-0.3, -0.25) is 0 Å². The molecule has 7 nitrogen and oxygen atoms in total. The highest BCUT2D eigenvalue weighted by Gasteiger charge is 2.79. The first-order valence-corrected chi connectivity index (χ1v) is 9.91. The molecule has 0 aromatic carbocycles. The lowest BCUT2D eigenvalue weighted by Crippen LogP contribution is -2.66. The number of hydrogen-bond acceptors (Lipinski definition) is 7. The van der Waals surface area contributed by atoms with Gasteiger partial charge in [0.05, 0.1) is 16.6 Å². The highest BCUT2D eigenvalue weighted by molar-refractivity contribution is 5.93. The van der Waals surface area contributed by atoms with E-state index in [4.69, 9.17) is 18.9 Å². The Morgan fingerprint density at radius 2 is 2.00 bits per heavy atom. The molecule has 0 unspecified atom stereocenters. The number of methoxy groups -OCH3 is 1. The number of ether oxygens (including phenoxy) is 4. The number of aliphatic hydroxyl groups is 1. The highest BCUT2D eigenvalue weighted by atomic mass is 16.7. The lowest BCUT2D eigenvalue weighted by Gasteiger charge is -2.60. The fourth-order valence-corrected chi connectivity index (χ4v) is 6.78. The molecule has 0 bridgehead atoms. The van der Waals surface area contributed by atoms with E-state index in [1.165, 1.54) is 13.2 Å². The molecule has 7 atom stereocenters. The first-order chi connectivity index (χ1) is 13.1. The van der Waals surface area contributed by atoms with Crippen molar-refractivity contribution in [1.82, 2.24) is 0 Å². The Morgan fingerprint density at radius 3 is 2.64 bits per heavy atom. The maximum absolute atomic E-state index is 12.6. The third-order valence-electron chi connectivity index (χ3n) is 8.41. The van der Waals surface area contributed by atoms with E-state index in [-0.39, 0.29) is 23.4 Å². The van der Waals surface area contributed by atoms with E-state index in [1.54, 1.807) is 0 Å². The van der Waals surface area contributed by atoms with Crippen LogP contribution in [0.3, 0.4) is 0 Å². The first-order valence-electron chi connectivity index (χ1n) is 9.91. The van der Waals surface area contributed by atoms with Crippen molar-refractivity contribution >= 4 is 11.9 Å². The number of carbonyl (C=O) groups is 2. The maximum Gasteiger partial charge on any atom is 0.334 e. The molecule has 2 aliphatic carbocycles. The molecule has 5 rings (SSSR count). The van der Waals surface area contributed by atoms with E-state index >= 15 is 0 Å². The van der Waals surface area contributed by atoms with Crippen molar-refractivity contribution in [2.45, 2.75) is 70.2 Å². The van der Waals surface area contributed by atoms with Crippen molar-refractivity contribution in [2.75, 3.05) is 7.11 Å². The van der Waals surface area contributed by atoms with Crippen LogP contribution in [0.15, 0.2) is 23.3 Å². The molecule has 28 heavy (non-hydrogen) atoms. The quantitative estimate of drug-likeness (QED) is 0.721. The fraction of sp³-hybridized carbons (Fsp3) is 0.714. The van der Waals surface area contributed by atoms with Crippen molar-refractivity contribution in [3.05, 3.63) is 23.3 Å². The molecule has 0 radical (unpaired) electrons. The fourth-order valence-electron chi connectivity index (χ4n) is 6.78. The number of aliphatic hydroxyl groups excluding tert-OH is 1. The van der Waals surface area contributed by atoms with Crippen LogP contribution in [0.5, 0.6) is 0 Å². The first kappa shape index (κ1) is 18.3. The topological polar surface area (TPSA) is 91.3 Å². The highest BCUT2D eigenvalue weighted by Crippen LogP contribution is 2.74. The van der Waals surface area contributed by atoms with Gasteiger partial charge in [-0.05, 0) is 32.1 Å². The average Bonchev–Trinajstić information content (AvgIpc) is 3.21. The van der Waals surface area contributed by atoms with Crippen molar-refractivity contribution < 1.29 is 33.6 Å². The summed E-state index contributed by atoms with van der Waals surface area (Å²) >= 11 is 0. The summed E-state index contributed by atoms with van der Waals surface area (Å²) in [6, 6.07) is 0. The van der Waals surface area contributed by atoms with Crippen molar-refractivity contribution in [2.24, 2.45) is 16.7 Å². The summed E-state index contributed by atoms with van der Waals surface area (Å²) in [7, 11) is 1.52. The van der Waals surface area contributed by atoms with Crippen LogP contribution in [-0.4, -0.2) is 47.9 Å². The predicted molar refractivity (Wildman–Crippen MR) is 95.5 cm³/mol. The second kappa shape index (κ2) is 5.26. The van der Waals surface area contributed by atoms with Gasteiger partial charge in [-0.25, -0.2) is 9.59 Å². The number of allylic oxidation sites excluding steroid dienone is 1. The Balaban J connectivity index is 1.72. The van der Waals surface area contributed by atoms with Crippen LogP contribution >= 0.6 is 0 Å². The summed E-state index contributed by atoms with van der Waals surface area (Å²) in [5.74, 6) is -1.98. The zero-order valence-corrected chi connectivity index (χ0v) is 16.6. The van der Waals surface area contributed by atoms with Gasteiger partial charge in [-0.15, -0.1) is 0 Å². The van der Waals surface area contributed by atoms with Crippen LogP contribution in [-0.2, 0) is 28.5 Å². The largest absolute Gasteiger partial charge is 0.458 e. The Labute approximate surface area is 163 Å². The van der Waals surface area contributed by atoms with Gasteiger partial charge in [-0.1, -0.05) is 19.9 Å². The van der Waals surface area contributed by atoms with Crippen LogP contribution in [0.25, 0.3) is 0 Å². The second-order valence-electron chi connectivity index (χ2n) is 9.26. The van der Waals surface area contributed by atoms with E-state index in [0.29, 0.717) is 30.4 Å². The molecule has 152 valence electrons. The zero-order chi connectivity index (χ0) is 20.1. The monoisotopic (exact) mass is 390 g/mol. The Bertz CT molecular complexity index is 846. The van der Waals surface area contributed by atoms with Gasteiger partial charge in [0.2, 0.25) is 6.29 Å². The summed E-state index contributed by atoms with van der Waals surface area (Å²) in [4.78, 5) is 24.4. The normalized spacial score (nSPS) is 51.8. The third kappa shape index (κ3) is 1.77. The van der Waals surface area contributed by atoms with Gasteiger partial charge in [-0.2, -0.15) is 0 Å². The molecule has 7 heteroatoms. The molecule has 0 aromatic rings. The van der Waals surface area contributed by atoms with Gasteiger partial charge in [0.15, 0.2) is 5.79 Å². The van der Waals surface area contributed by atoms with E-state index < -0.39 is 29.1 Å². The molecule has 3 aliphatic heterocycles. The molecular weight excluding hydrogens is 364 g/mol. The van der Waals surface area contributed by atoms with Gasteiger partial charge >= 0.3 is 11.9 Å². The van der Waals surface area contributed by atoms with Crippen molar-refractivity contribution in [1.29, 1.82) is 0 Å². The average molecular weight is 390 g/mol. The minimum Gasteiger partial charge on any atom is -0.458 e. The number of esters is 2. The van der Waals surface area contributed by atoms with Gasteiger partial charge in [0, 0.05) is 30.6 Å². The van der Waals surface area contributed by atoms with Crippen molar-refractivity contribution in [3.63, 3.8) is 0 Å². The zero-order valence-electron chi connectivity index (χ0n) is 16.6. The molecular formula is C21H26O7. The molecule has 5 aliphatic rings. The van der Waals surface area contributed by atoms with Crippen LogP contribution in [0.2, 0.25) is 0 Å². The lowest BCUT2D eigenvalue weighted by atomic mass is 9.44. The Kier molecular flexibility index (Phi) is 3.44. The molecule has 3 heterocycles. The minimum absolute atomic E-state index is 0.184. The molecule has 1 N–H and O–H groups in total. The standard InChI is InChI=1S/C21H26O7/c1-11-8-14-19(3)12(16(23)26-14)6-5-7-21(19)18(11,2)10-20(25-4,28-21)13-9-15(22)27-17(13)24/h6,9,11,14,17,24H,5,7-8,10H2,1-4H3/t11-,14+,17+,18+,19+,20-,21+/m0/s1. The van der Waals surface area contributed by atoms with Crippen LogP contribution in [0.1, 0.15) is 46.5 Å². The summed E-state index contributed by atoms with van der Waals surface area (Å²) in [5, 5.41) is 10.4. The van der Waals surface area contributed by atoms with Gasteiger partial charge < -0.3 is 24.1 Å². The van der Waals surface area contributed by atoms with E-state index in [2.05, 4.69) is 20.8 Å². The number of hydrogen-bond donors (Lipinski definition) is 1. The summed E-state index contributed by atoms with van der Waals surface area (Å²) in [6.45, 7) is 6.39. The van der Waals surface area contributed by atoms with E-state index in [9.17, 15) is 14.7 Å². The molecule has 1 saturated carbocycles. The van der Waals surface area contributed by atoms with Crippen LogP contribution < -0.4 is 0 Å². The van der Waals surface area contributed by atoms with Crippen molar-refractivity contribution in [3.8, 4) is 0 Å². The second-order valence-corrected chi connectivity index (χ2v) is 9.26. The number of carbonyl (C=O) groups excluding carboxylic acids is 2. The van der Waals surface area contributed by atoms with Crippen LogP contribution in [0, 0.1) is 16.7 Å². The summed E-state index contributed by atoms with van der Waals surface area (Å²) in [5.41, 5.74) is -0.714. The SMILES string of the molecule is CO[C@@]1(C2=CC(=O)O[C@H]2O)C[C@]2(C)[C@@H](C)C[C@H]3OC(=O)C4=CCC[C@]2(O1)[C@]43C. The molecule has 0 aromatic heterocycles. The number of rotatable bonds is 2. The third-order valence-corrected chi connectivity index (χ3v) is 8.41. The Hall–Kier alpha value is -1.70. The number of cyclic esters (lactones) is 1. The Morgan fingerprint density at radius 1 is 1.25 bits per heavy atom. The van der Waals surface area contributed by atoms with Crippen LogP contribution in [0.4, 0.5) is 0 Å². The summed E-state index contributed by atoms with van der Waals surface area (Å²) < 4.78 is 23.5.